The molecule has 0 radical (unpaired) electrons. The topological polar surface area (TPSA) is 80.2 Å². The number of benzene rings is 1. The largest absolute Gasteiger partial charge is 0.394 e. The molecule has 1 aliphatic heterocycles. The van der Waals surface area contributed by atoms with Crippen molar-refractivity contribution in [3.8, 4) is 11.1 Å². The number of thiophene rings is 1. The van der Waals surface area contributed by atoms with E-state index in [0.717, 1.165) is 11.3 Å². The Morgan fingerprint density at radius 2 is 2.27 bits per heavy atom. The van der Waals surface area contributed by atoms with Crippen LogP contribution in [0.5, 0.6) is 0 Å². The molecule has 0 aliphatic carbocycles. The van der Waals surface area contributed by atoms with E-state index in [1.165, 1.54) is 0 Å². The van der Waals surface area contributed by atoms with Crippen LogP contribution in [0.3, 0.4) is 0 Å². The maximum Gasteiger partial charge on any atom is 0.258 e. The van der Waals surface area contributed by atoms with Gasteiger partial charge >= 0.3 is 0 Å². The third-order valence-corrected chi connectivity index (χ3v) is 5.83. The summed E-state index contributed by atoms with van der Waals surface area (Å²) in [5.41, 5.74) is 6.83. The number of nitrogens with two attached hydrogens (primary N) is 1. The van der Waals surface area contributed by atoms with E-state index in [2.05, 4.69) is 4.85 Å². The van der Waals surface area contributed by atoms with E-state index < -0.39 is 5.91 Å². The van der Waals surface area contributed by atoms with Crippen LogP contribution < -0.4 is 10.6 Å². The van der Waals surface area contributed by atoms with E-state index in [9.17, 15) is 9.90 Å². The minimum Gasteiger partial charge on any atom is -0.394 e. The Kier molecular flexibility index (Phi) is 5.70. The highest BCUT2D eigenvalue weighted by atomic mass is 35.5. The van der Waals surface area contributed by atoms with E-state index >= 15 is 0 Å². The van der Waals surface area contributed by atoms with Gasteiger partial charge in [-0.25, -0.2) is 4.85 Å². The highest BCUT2D eigenvalue weighted by Gasteiger charge is 2.30. The fourth-order valence-electron chi connectivity index (χ4n) is 2.86. The fourth-order valence-corrected chi connectivity index (χ4v) is 4.50. The number of carbonyl (C=O) groups is 1. The SMILES string of the molecule is [C-]#[N+]c1c(N2CCOC(CO)C2)sc(C(N)=O)c1-c1ccc(Cl)cc1Cl. The van der Waals surface area contributed by atoms with Crippen LogP contribution in [0.1, 0.15) is 9.67 Å². The predicted molar refractivity (Wildman–Crippen MR) is 104 cm³/mol. The molecule has 136 valence electrons. The maximum absolute atomic E-state index is 12.0. The molecule has 0 saturated carbocycles. The number of hydrogen-bond donors (Lipinski definition) is 2. The standard InChI is InChI=1S/C17H15Cl2N3O3S/c1-21-14-13(11-3-2-9(18)6-12(11)19)15(16(20)24)26-17(14)22-4-5-25-10(7-22)8-23/h2-3,6,10,23H,4-5,7-8H2,(H2,20,24). The number of anilines is 1. The molecule has 0 spiro atoms. The van der Waals surface area contributed by atoms with Crippen LogP contribution in [0.2, 0.25) is 10.0 Å². The van der Waals surface area contributed by atoms with Gasteiger partial charge in [-0.15, -0.1) is 11.3 Å². The Morgan fingerprint density at radius 3 is 2.88 bits per heavy atom. The zero-order valence-corrected chi connectivity index (χ0v) is 15.9. The van der Waals surface area contributed by atoms with E-state index in [1.807, 2.05) is 4.90 Å². The Bertz CT molecular complexity index is 894. The number of rotatable bonds is 4. The number of hydrogen-bond acceptors (Lipinski definition) is 5. The van der Waals surface area contributed by atoms with Crippen LogP contribution >= 0.6 is 34.5 Å². The average Bonchev–Trinajstić information content (AvgIpc) is 3.01. The number of morpholine rings is 1. The highest BCUT2D eigenvalue weighted by Crippen LogP contribution is 2.50. The Balaban J connectivity index is 2.17. The third-order valence-electron chi connectivity index (χ3n) is 4.03. The number of carbonyl (C=O) groups excluding carboxylic acids is 1. The van der Waals surface area contributed by atoms with Crippen molar-refractivity contribution < 1.29 is 14.6 Å². The van der Waals surface area contributed by atoms with E-state index in [4.69, 9.17) is 40.2 Å². The molecule has 26 heavy (non-hydrogen) atoms. The molecule has 1 aromatic heterocycles. The molecule has 2 heterocycles. The molecule has 1 unspecified atom stereocenters. The summed E-state index contributed by atoms with van der Waals surface area (Å²) in [6.07, 6.45) is -0.343. The molecule has 1 amide bonds. The van der Waals surface area contributed by atoms with Gasteiger partial charge in [0.2, 0.25) is 5.69 Å². The molecule has 6 nitrogen and oxygen atoms in total. The highest BCUT2D eigenvalue weighted by molar-refractivity contribution is 7.19. The van der Waals surface area contributed by atoms with Gasteiger partial charge in [-0.1, -0.05) is 29.3 Å². The second-order valence-corrected chi connectivity index (χ2v) is 7.52. The van der Waals surface area contributed by atoms with Crippen LogP contribution in [0.15, 0.2) is 18.2 Å². The van der Waals surface area contributed by atoms with Gasteiger partial charge < -0.3 is 20.5 Å². The Hall–Kier alpha value is -1.82. The van der Waals surface area contributed by atoms with Crippen LogP contribution in [0.4, 0.5) is 10.7 Å². The molecule has 3 rings (SSSR count). The van der Waals surface area contributed by atoms with E-state index in [1.54, 1.807) is 18.2 Å². The molecular formula is C17H15Cl2N3O3S. The normalized spacial score (nSPS) is 17.2. The summed E-state index contributed by atoms with van der Waals surface area (Å²) in [4.78, 5) is 17.9. The predicted octanol–water partition coefficient (Wildman–Crippen LogP) is 3.57. The summed E-state index contributed by atoms with van der Waals surface area (Å²) in [7, 11) is 0. The van der Waals surface area contributed by atoms with Gasteiger partial charge in [-0.2, -0.15) is 0 Å². The second-order valence-electron chi connectivity index (χ2n) is 5.68. The number of nitrogens with zero attached hydrogens (tertiary/aromatic N) is 2. The lowest BCUT2D eigenvalue weighted by Gasteiger charge is -2.33. The number of aliphatic hydroxyl groups excluding tert-OH is 1. The number of halogens is 2. The first-order chi connectivity index (χ1) is 12.5. The van der Waals surface area contributed by atoms with Gasteiger partial charge in [0.25, 0.3) is 5.91 Å². The minimum absolute atomic E-state index is 0.117. The van der Waals surface area contributed by atoms with Gasteiger partial charge in [-0.3, -0.25) is 4.79 Å². The molecule has 0 bridgehead atoms. The second kappa shape index (κ2) is 7.82. The molecule has 1 aliphatic rings. The van der Waals surface area contributed by atoms with Crippen molar-refractivity contribution in [2.24, 2.45) is 5.73 Å². The van der Waals surface area contributed by atoms with Crippen LogP contribution in [-0.4, -0.2) is 43.4 Å². The van der Waals surface area contributed by atoms with Gasteiger partial charge in [0.1, 0.15) is 0 Å². The van der Waals surface area contributed by atoms with Crippen molar-refractivity contribution in [1.82, 2.24) is 0 Å². The molecule has 1 fully saturated rings. The van der Waals surface area contributed by atoms with Crippen molar-refractivity contribution in [1.29, 1.82) is 0 Å². The molecule has 1 atom stereocenters. The summed E-state index contributed by atoms with van der Waals surface area (Å²) < 4.78 is 5.46. The molecule has 3 N–H and O–H groups in total. The van der Waals surface area contributed by atoms with Crippen LogP contribution in [0, 0.1) is 6.57 Å². The first-order valence-electron chi connectivity index (χ1n) is 7.73. The molecule has 2 aromatic rings. The summed E-state index contributed by atoms with van der Waals surface area (Å²) in [6.45, 7) is 8.93. The van der Waals surface area contributed by atoms with Gasteiger partial charge in [0.15, 0.2) is 0 Å². The molecule has 9 heteroatoms. The van der Waals surface area contributed by atoms with Gasteiger partial charge in [0, 0.05) is 28.7 Å². The lowest BCUT2D eigenvalue weighted by Crippen LogP contribution is -2.43. The van der Waals surface area contributed by atoms with E-state index in [-0.39, 0.29) is 17.6 Å². The monoisotopic (exact) mass is 411 g/mol. The Labute approximate surface area is 164 Å². The molecule has 1 aromatic carbocycles. The molecular weight excluding hydrogens is 397 g/mol. The minimum atomic E-state index is -0.626. The summed E-state index contributed by atoms with van der Waals surface area (Å²) in [5.74, 6) is -0.626. The third kappa shape index (κ3) is 3.52. The van der Waals surface area contributed by atoms with Crippen LogP contribution in [-0.2, 0) is 4.74 Å². The van der Waals surface area contributed by atoms with Crippen LogP contribution in [0.25, 0.3) is 16.0 Å². The van der Waals surface area contributed by atoms with Crippen molar-refractivity contribution in [2.75, 3.05) is 31.2 Å². The number of amides is 1. The number of aliphatic hydroxyl groups is 1. The van der Waals surface area contributed by atoms with Crippen molar-refractivity contribution in [3.05, 3.63) is 44.5 Å². The van der Waals surface area contributed by atoms with Crippen molar-refractivity contribution in [3.63, 3.8) is 0 Å². The number of ether oxygens (including phenoxy) is 1. The lowest BCUT2D eigenvalue weighted by molar-refractivity contribution is 0.00378. The van der Waals surface area contributed by atoms with Gasteiger partial charge in [0.05, 0.1) is 35.8 Å². The first-order valence-corrected chi connectivity index (χ1v) is 9.30. The smallest absolute Gasteiger partial charge is 0.258 e. The van der Waals surface area contributed by atoms with Crippen molar-refractivity contribution >= 4 is 51.1 Å². The quantitative estimate of drug-likeness (QED) is 0.753. The molecule has 1 saturated heterocycles. The zero-order chi connectivity index (χ0) is 18.8. The summed E-state index contributed by atoms with van der Waals surface area (Å²) in [5, 5.41) is 10.8. The maximum atomic E-state index is 12.0. The Morgan fingerprint density at radius 1 is 1.50 bits per heavy atom. The average molecular weight is 412 g/mol. The fraction of sp³-hybridized carbons (Fsp3) is 0.294. The van der Waals surface area contributed by atoms with Gasteiger partial charge in [-0.05, 0) is 17.7 Å². The zero-order valence-electron chi connectivity index (χ0n) is 13.5. The number of primary amides is 1. The summed E-state index contributed by atoms with van der Waals surface area (Å²) in [6, 6.07) is 4.88. The summed E-state index contributed by atoms with van der Waals surface area (Å²) >= 11 is 13.4. The first kappa shape index (κ1) is 19.0. The van der Waals surface area contributed by atoms with Crippen molar-refractivity contribution in [2.45, 2.75) is 6.10 Å². The van der Waals surface area contributed by atoms with E-state index in [0.29, 0.717) is 51.6 Å². The lowest BCUT2D eigenvalue weighted by atomic mass is 10.0.